The van der Waals surface area contributed by atoms with E-state index in [4.69, 9.17) is 15.6 Å². The quantitative estimate of drug-likeness (QED) is 0.710. The summed E-state index contributed by atoms with van der Waals surface area (Å²) in [5, 5.41) is 11.1. The van der Waals surface area contributed by atoms with E-state index in [1.54, 1.807) is 0 Å². The largest absolute Gasteiger partial charge is 0.485 e. The Balaban J connectivity index is 3.00. The molecule has 0 aromatic heterocycles. The molecule has 0 bridgehead atoms. The van der Waals surface area contributed by atoms with Crippen LogP contribution in [0.4, 0.5) is 14.5 Å². The first-order valence-corrected chi connectivity index (χ1v) is 5.15. The van der Waals surface area contributed by atoms with Crippen molar-refractivity contribution >= 4 is 29.0 Å². The predicted octanol–water partition coefficient (Wildman–Crippen LogP) is 1.68. The normalized spacial score (nSPS) is 10.2. The smallest absolute Gasteiger partial charge is 0.335 e. The van der Waals surface area contributed by atoms with Crippen molar-refractivity contribution in [2.75, 3.05) is 11.9 Å². The van der Waals surface area contributed by atoms with Gasteiger partial charge in [-0.3, -0.25) is 0 Å². The average Bonchev–Trinajstić information content (AvgIpc) is 2.26. The van der Waals surface area contributed by atoms with Crippen LogP contribution in [0.1, 0.15) is 10.4 Å². The molecule has 0 saturated heterocycles. The lowest BCUT2D eigenvalue weighted by Crippen LogP contribution is -2.20. The zero-order valence-corrected chi connectivity index (χ0v) is 9.84. The molecule has 0 aliphatic carbocycles. The van der Waals surface area contributed by atoms with Crippen LogP contribution < -0.4 is 15.8 Å². The first-order valence-electron chi connectivity index (χ1n) is 4.75. The van der Waals surface area contributed by atoms with Gasteiger partial charge in [0.15, 0.2) is 5.11 Å². The highest BCUT2D eigenvalue weighted by atomic mass is 32.1. The van der Waals surface area contributed by atoms with E-state index in [1.165, 1.54) is 18.2 Å². The number of hydrogen-bond acceptors (Lipinski definition) is 3. The molecule has 18 heavy (non-hydrogen) atoms. The first-order chi connectivity index (χ1) is 8.40. The van der Waals surface area contributed by atoms with Gasteiger partial charge in [-0.1, -0.05) is 0 Å². The summed E-state index contributed by atoms with van der Waals surface area (Å²) in [6.45, 7) is -0.807. The molecule has 0 fully saturated rings. The van der Waals surface area contributed by atoms with Gasteiger partial charge in [0.25, 0.3) is 6.43 Å². The monoisotopic (exact) mass is 276 g/mol. The molecule has 0 spiro atoms. The van der Waals surface area contributed by atoms with E-state index < -0.39 is 19.0 Å². The second-order valence-corrected chi connectivity index (χ2v) is 3.65. The highest BCUT2D eigenvalue weighted by Gasteiger charge is 2.12. The second-order valence-electron chi connectivity index (χ2n) is 3.21. The molecule has 0 aliphatic rings. The van der Waals surface area contributed by atoms with E-state index in [1.807, 2.05) is 0 Å². The van der Waals surface area contributed by atoms with Crippen LogP contribution in [0.25, 0.3) is 0 Å². The fourth-order valence-corrected chi connectivity index (χ4v) is 1.28. The summed E-state index contributed by atoms with van der Waals surface area (Å²) in [4.78, 5) is 10.8. The Bertz CT molecular complexity index is 468. The van der Waals surface area contributed by atoms with Gasteiger partial charge in [-0.05, 0) is 30.4 Å². The molecule has 1 aromatic rings. The van der Waals surface area contributed by atoms with Crippen molar-refractivity contribution in [2.24, 2.45) is 5.73 Å². The third-order valence-corrected chi connectivity index (χ3v) is 1.95. The number of carbonyl (C=O) groups is 1. The van der Waals surface area contributed by atoms with Gasteiger partial charge >= 0.3 is 5.97 Å². The van der Waals surface area contributed by atoms with Gasteiger partial charge < -0.3 is 20.9 Å². The molecule has 98 valence electrons. The highest BCUT2D eigenvalue weighted by molar-refractivity contribution is 7.80. The van der Waals surface area contributed by atoms with Crippen molar-refractivity contribution in [3.05, 3.63) is 23.8 Å². The van der Waals surface area contributed by atoms with Crippen LogP contribution in [-0.2, 0) is 0 Å². The molecule has 0 heterocycles. The summed E-state index contributed by atoms with van der Waals surface area (Å²) in [5.41, 5.74) is 5.33. The molecule has 8 heteroatoms. The van der Waals surface area contributed by atoms with Crippen LogP contribution in [-0.4, -0.2) is 29.2 Å². The number of alkyl halides is 2. The average molecular weight is 276 g/mol. The van der Waals surface area contributed by atoms with Crippen LogP contribution >= 0.6 is 12.2 Å². The Labute approximate surface area is 107 Å². The third kappa shape index (κ3) is 4.13. The van der Waals surface area contributed by atoms with Gasteiger partial charge in [0, 0.05) is 0 Å². The van der Waals surface area contributed by atoms with Gasteiger partial charge in [-0.15, -0.1) is 0 Å². The number of aromatic carboxylic acids is 1. The van der Waals surface area contributed by atoms with Crippen molar-refractivity contribution in [1.82, 2.24) is 0 Å². The van der Waals surface area contributed by atoms with Crippen molar-refractivity contribution < 1.29 is 23.4 Å². The Kier molecular flexibility index (Phi) is 4.78. The zero-order valence-electron chi connectivity index (χ0n) is 9.02. The molecule has 0 aliphatic heterocycles. The minimum Gasteiger partial charge on any atom is -0.485 e. The van der Waals surface area contributed by atoms with E-state index in [-0.39, 0.29) is 22.1 Å². The third-order valence-electron chi connectivity index (χ3n) is 1.85. The predicted molar refractivity (Wildman–Crippen MR) is 65.3 cm³/mol. The van der Waals surface area contributed by atoms with Crippen LogP contribution in [0.5, 0.6) is 5.75 Å². The summed E-state index contributed by atoms with van der Waals surface area (Å²) in [6.07, 6.45) is -2.64. The van der Waals surface area contributed by atoms with E-state index in [0.29, 0.717) is 0 Å². The molecule has 0 radical (unpaired) electrons. The molecule has 4 N–H and O–H groups in total. The number of anilines is 1. The molecule has 1 rings (SSSR count). The van der Waals surface area contributed by atoms with Crippen molar-refractivity contribution in [3.63, 3.8) is 0 Å². The topological polar surface area (TPSA) is 84.6 Å². The lowest BCUT2D eigenvalue weighted by atomic mass is 10.2. The first kappa shape index (κ1) is 14.1. The Morgan fingerprint density at radius 3 is 2.72 bits per heavy atom. The lowest BCUT2D eigenvalue weighted by molar-refractivity contribution is 0.0695. The molecule has 0 atom stereocenters. The van der Waals surface area contributed by atoms with Gasteiger partial charge in [0.05, 0.1) is 11.3 Å². The number of carboxylic acids is 1. The van der Waals surface area contributed by atoms with Crippen molar-refractivity contribution in [3.8, 4) is 5.75 Å². The van der Waals surface area contributed by atoms with Gasteiger partial charge in [-0.2, -0.15) is 0 Å². The number of hydrogen-bond donors (Lipinski definition) is 3. The minimum atomic E-state index is -2.64. The number of nitrogens with one attached hydrogen (secondary N) is 1. The molecule has 0 amide bonds. The summed E-state index contributed by atoms with van der Waals surface area (Å²) >= 11 is 4.60. The fraction of sp³-hybridized carbons (Fsp3) is 0.200. The molecule has 5 nitrogen and oxygen atoms in total. The Morgan fingerprint density at radius 1 is 1.56 bits per heavy atom. The maximum atomic E-state index is 12.0. The van der Waals surface area contributed by atoms with Crippen molar-refractivity contribution in [1.29, 1.82) is 0 Å². The number of rotatable bonds is 5. The van der Waals surface area contributed by atoms with Crippen LogP contribution in [0.15, 0.2) is 18.2 Å². The van der Waals surface area contributed by atoms with Gasteiger partial charge in [-0.25, -0.2) is 13.6 Å². The van der Waals surface area contributed by atoms with E-state index in [0.717, 1.165) is 0 Å². The summed E-state index contributed by atoms with van der Waals surface area (Å²) in [7, 11) is 0. The van der Waals surface area contributed by atoms with E-state index >= 15 is 0 Å². The molecule has 1 aromatic carbocycles. The molecular weight excluding hydrogens is 266 g/mol. The number of thiocarbonyl (C=S) groups is 1. The van der Waals surface area contributed by atoms with Crippen LogP contribution in [0, 0.1) is 0 Å². The van der Waals surface area contributed by atoms with E-state index in [2.05, 4.69) is 17.5 Å². The fourth-order valence-electron chi connectivity index (χ4n) is 1.17. The number of carboxylic acid groups (broad SMARTS) is 1. The Hall–Kier alpha value is -1.96. The lowest BCUT2D eigenvalue weighted by Gasteiger charge is -2.12. The molecule has 0 saturated carbocycles. The van der Waals surface area contributed by atoms with Crippen LogP contribution in [0.3, 0.4) is 0 Å². The Morgan fingerprint density at radius 2 is 2.22 bits per heavy atom. The maximum Gasteiger partial charge on any atom is 0.335 e. The molecule has 0 unspecified atom stereocenters. The van der Waals surface area contributed by atoms with Gasteiger partial charge in [0.2, 0.25) is 0 Å². The van der Waals surface area contributed by atoms with Crippen molar-refractivity contribution in [2.45, 2.75) is 6.43 Å². The summed E-state index contributed by atoms with van der Waals surface area (Å²) in [5.74, 6) is -1.12. The van der Waals surface area contributed by atoms with Crippen LogP contribution in [0.2, 0.25) is 0 Å². The highest BCUT2D eigenvalue weighted by Crippen LogP contribution is 2.26. The number of nitrogens with two attached hydrogens (primary N) is 1. The van der Waals surface area contributed by atoms with E-state index in [9.17, 15) is 13.6 Å². The standard InChI is InChI=1S/C10H10F2N2O3S/c11-8(12)4-17-7-2-1-5(9(15)16)3-6(7)14-10(13)18/h1-3,8H,4H2,(H,15,16)(H3,13,14,18). The minimum absolute atomic E-state index is 0.0434. The number of benzene rings is 1. The zero-order chi connectivity index (χ0) is 13.7. The second kappa shape index (κ2) is 6.10. The summed E-state index contributed by atoms with van der Waals surface area (Å²) < 4.78 is 28.9. The SMILES string of the molecule is NC(=S)Nc1cc(C(=O)O)ccc1OCC(F)F. The van der Waals surface area contributed by atoms with Gasteiger partial charge in [0.1, 0.15) is 12.4 Å². The number of halogens is 2. The number of ether oxygens (including phenoxy) is 1. The maximum absolute atomic E-state index is 12.0. The molecular formula is C10H10F2N2O3S. The summed E-state index contributed by atoms with van der Waals surface area (Å²) in [6, 6.07) is 3.68.